The van der Waals surface area contributed by atoms with Crippen molar-refractivity contribution in [1.29, 1.82) is 0 Å². The lowest BCUT2D eigenvalue weighted by atomic mass is 10.2. The first-order valence-corrected chi connectivity index (χ1v) is 8.85. The summed E-state index contributed by atoms with van der Waals surface area (Å²) >= 11 is 0. The van der Waals surface area contributed by atoms with E-state index < -0.39 is 10.0 Å². The molecule has 8 nitrogen and oxygen atoms in total. The van der Waals surface area contributed by atoms with Crippen molar-refractivity contribution in [2.24, 2.45) is 7.05 Å². The zero-order valence-corrected chi connectivity index (χ0v) is 14.2. The average molecular weight is 360 g/mol. The van der Waals surface area contributed by atoms with Crippen molar-refractivity contribution >= 4 is 21.7 Å². The summed E-state index contributed by atoms with van der Waals surface area (Å²) in [5, 5.41) is 6.68. The Morgan fingerprint density at radius 3 is 2.56 bits per heavy atom. The molecule has 0 bridgehead atoms. The molecule has 1 amide bonds. The van der Waals surface area contributed by atoms with Crippen molar-refractivity contribution in [2.45, 2.75) is 11.4 Å². The minimum atomic E-state index is -3.69. The molecule has 1 aromatic carbocycles. The van der Waals surface area contributed by atoms with Crippen molar-refractivity contribution in [3.05, 3.63) is 66.2 Å². The molecule has 0 atom stereocenters. The Balaban J connectivity index is 1.67. The van der Waals surface area contributed by atoms with Crippen LogP contribution >= 0.6 is 0 Å². The highest BCUT2D eigenvalue weighted by molar-refractivity contribution is 7.89. The predicted octanol–water partition coefficient (Wildman–Crippen LogP) is 1.74. The lowest BCUT2D eigenvalue weighted by Crippen LogP contribution is -2.23. The normalized spacial score (nSPS) is 11.4. The molecule has 0 aliphatic rings. The quantitative estimate of drug-likeness (QED) is 0.696. The molecule has 2 aromatic heterocycles. The smallest absolute Gasteiger partial charge is 0.256 e. The highest BCUT2D eigenvalue weighted by Crippen LogP contribution is 2.13. The first-order chi connectivity index (χ1) is 11.9. The van der Waals surface area contributed by atoms with Crippen LogP contribution < -0.4 is 10.0 Å². The van der Waals surface area contributed by atoms with Gasteiger partial charge >= 0.3 is 0 Å². The van der Waals surface area contributed by atoms with E-state index >= 15 is 0 Å². The van der Waals surface area contributed by atoms with Crippen LogP contribution in [-0.2, 0) is 23.6 Å². The zero-order chi connectivity index (χ0) is 17.9. The second-order valence-electron chi connectivity index (χ2n) is 5.26. The maximum atomic E-state index is 12.2. The van der Waals surface area contributed by atoms with Crippen molar-refractivity contribution in [3.8, 4) is 0 Å². The van der Waals surface area contributed by atoms with E-state index in [-0.39, 0.29) is 17.3 Å². The number of carbonyl (C=O) groups excluding carboxylic acids is 1. The lowest BCUT2D eigenvalue weighted by molar-refractivity contribution is 0.102. The fourth-order valence-electron chi connectivity index (χ4n) is 2.12. The van der Waals surface area contributed by atoms with Crippen molar-refractivity contribution in [1.82, 2.24) is 14.5 Å². The summed E-state index contributed by atoms with van der Waals surface area (Å²) in [5.41, 5.74) is 0.329. The van der Waals surface area contributed by atoms with Crippen LogP contribution in [0.2, 0.25) is 0 Å². The van der Waals surface area contributed by atoms with E-state index in [0.29, 0.717) is 17.1 Å². The first kappa shape index (κ1) is 16.9. The van der Waals surface area contributed by atoms with Crippen LogP contribution in [0.1, 0.15) is 16.1 Å². The van der Waals surface area contributed by atoms with Gasteiger partial charge in [0.1, 0.15) is 5.76 Å². The van der Waals surface area contributed by atoms with Crippen molar-refractivity contribution < 1.29 is 17.6 Å². The third kappa shape index (κ3) is 4.14. The van der Waals surface area contributed by atoms with Crippen molar-refractivity contribution in [2.75, 3.05) is 5.32 Å². The number of hydrogen-bond donors (Lipinski definition) is 2. The SMILES string of the molecule is Cn1ccc(NC(=O)c2ccc(S(=O)(=O)NCc3ccco3)cc2)n1. The summed E-state index contributed by atoms with van der Waals surface area (Å²) in [6.45, 7) is 0.0528. The molecule has 25 heavy (non-hydrogen) atoms. The van der Waals surface area contributed by atoms with E-state index in [9.17, 15) is 13.2 Å². The van der Waals surface area contributed by atoms with Gasteiger partial charge in [-0.25, -0.2) is 13.1 Å². The molecule has 3 rings (SSSR count). The van der Waals surface area contributed by atoms with Gasteiger partial charge in [-0.2, -0.15) is 5.10 Å². The first-order valence-electron chi connectivity index (χ1n) is 7.37. The number of furan rings is 1. The Morgan fingerprint density at radius 2 is 1.96 bits per heavy atom. The molecule has 0 radical (unpaired) electrons. The van der Waals surface area contributed by atoms with Gasteiger partial charge in [0.2, 0.25) is 10.0 Å². The third-order valence-electron chi connectivity index (χ3n) is 3.40. The van der Waals surface area contributed by atoms with E-state index in [0.717, 1.165) is 0 Å². The molecule has 3 aromatic rings. The zero-order valence-electron chi connectivity index (χ0n) is 13.3. The summed E-state index contributed by atoms with van der Waals surface area (Å²) in [7, 11) is -1.95. The highest BCUT2D eigenvalue weighted by atomic mass is 32.2. The molecule has 0 saturated heterocycles. The van der Waals surface area contributed by atoms with E-state index in [2.05, 4.69) is 15.1 Å². The molecule has 0 spiro atoms. The summed E-state index contributed by atoms with van der Waals surface area (Å²) in [6.07, 6.45) is 3.18. The molecule has 0 unspecified atom stereocenters. The second-order valence-corrected chi connectivity index (χ2v) is 7.02. The number of sulfonamides is 1. The topological polar surface area (TPSA) is 106 Å². The van der Waals surface area contributed by atoms with E-state index in [4.69, 9.17) is 4.42 Å². The Morgan fingerprint density at radius 1 is 1.20 bits per heavy atom. The molecule has 2 N–H and O–H groups in total. The van der Waals surface area contributed by atoms with Crippen LogP contribution in [-0.4, -0.2) is 24.1 Å². The van der Waals surface area contributed by atoms with Crippen LogP contribution in [0.15, 0.2) is 64.2 Å². The largest absolute Gasteiger partial charge is 0.468 e. The molecule has 0 aliphatic heterocycles. The molecular weight excluding hydrogens is 344 g/mol. The predicted molar refractivity (Wildman–Crippen MR) is 90.3 cm³/mol. The van der Waals surface area contributed by atoms with Gasteiger partial charge in [-0.3, -0.25) is 9.48 Å². The van der Waals surface area contributed by atoms with Gasteiger partial charge in [0.05, 0.1) is 17.7 Å². The lowest BCUT2D eigenvalue weighted by Gasteiger charge is -2.07. The number of amides is 1. The minimum absolute atomic E-state index is 0.0528. The average Bonchev–Trinajstić information content (AvgIpc) is 3.25. The van der Waals surface area contributed by atoms with Crippen LogP contribution in [0.5, 0.6) is 0 Å². The Bertz CT molecular complexity index is 960. The number of benzene rings is 1. The van der Waals surface area contributed by atoms with Crippen LogP contribution in [0.3, 0.4) is 0 Å². The summed E-state index contributed by atoms with van der Waals surface area (Å²) < 4.78 is 33.6. The molecule has 0 saturated carbocycles. The van der Waals surface area contributed by atoms with Gasteiger partial charge in [0.25, 0.3) is 5.91 Å². The molecule has 2 heterocycles. The highest BCUT2D eigenvalue weighted by Gasteiger charge is 2.15. The maximum Gasteiger partial charge on any atom is 0.256 e. The maximum absolute atomic E-state index is 12.2. The fraction of sp³-hybridized carbons (Fsp3) is 0.125. The molecule has 0 fully saturated rings. The number of rotatable bonds is 6. The van der Waals surface area contributed by atoms with Gasteiger partial charge in [-0.15, -0.1) is 0 Å². The number of carbonyl (C=O) groups is 1. The molecule has 130 valence electrons. The van der Waals surface area contributed by atoms with Crippen LogP contribution in [0.25, 0.3) is 0 Å². The van der Waals surface area contributed by atoms with Crippen molar-refractivity contribution in [3.63, 3.8) is 0 Å². The monoisotopic (exact) mass is 360 g/mol. The van der Waals surface area contributed by atoms with E-state index in [1.54, 1.807) is 36.1 Å². The third-order valence-corrected chi connectivity index (χ3v) is 4.82. The van der Waals surface area contributed by atoms with Crippen LogP contribution in [0, 0.1) is 0 Å². The van der Waals surface area contributed by atoms with E-state index in [1.165, 1.54) is 30.5 Å². The summed E-state index contributed by atoms with van der Waals surface area (Å²) in [6, 6.07) is 10.6. The number of aryl methyl sites for hydroxylation is 1. The fourth-order valence-corrected chi connectivity index (χ4v) is 3.11. The number of nitrogens with zero attached hydrogens (tertiary/aromatic N) is 2. The van der Waals surface area contributed by atoms with Gasteiger partial charge in [-0.05, 0) is 36.4 Å². The van der Waals surface area contributed by atoms with E-state index in [1.807, 2.05) is 0 Å². The van der Waals surface area contributed by atoms with Gasteiger partial charge < -0.3 is 9.73 Å². The Hall–Kier alpha value is -2.91. The number of anilines is 1. The summed E-state index contributed by atoms with van der Waals surface area (Å²) in [4.78, 5) is 12.2. The summed E-state index contributed by atoms with van der Waals surface area (Å²) in [5.74, 6) is 0.561. The Labute approximate surface area is 144 Å². The molecular formula is C16H16N4O4S. The number of hydrogen-bond acceptors (Lipinski definition) is 5. The molecule has 9 heteroatoms. The molecule has 0 aliphatic carbocycles. The second kappa shape index (κ2) is 6.91. The van der Waals surface area contributed by atoms with Gasteiger partial charge in [0.15, 0.2) is 5.82 Å². The van der Waals surface area contributed by atoms with Crippen LogP contribution in [0.4, 0.5) is 5.82 Å². The van der Waals surface area contributed by atoms with Gasteiger partial charge in [0, 0.05) is 24.9 Å². The van der Waals surface area contributed by atoms with Gasteiger partial charge in [-0.1, -0.05) is 0 Å². The number of nitrogens with one attached hydrogen (secondary N) is 2. The minimum Gasteiger partial charge on any atom is -0.468 e. The standard InChI is InChI=1S/C16H16N4O4S/c1-20-9-8-15(19-20)18-16(21)12-4-6-14(7-5-12)25(22,23)17-11-13-3-2-10-24-13/h2-10,17H,11H2,1H3,(H,18,19,21). The Kier molecular flexibility index (Phi) is 4.68. The number of aromatic nitrogens is 2.